The van der Waals surface area contributed by atoms with Crippen molar-refractivity contribution in [3.05, 3.63) is 53.9 Å². The van der Waals surface area contributed by atoms with Crippen molar-refractivity contribution >= 4 is 11.9 Å². The van der Waals surface area contributed by atoms with Crippen LogP contribution in [0.1, 0.15) is 11.4 Å². The van der Waals surface area contributed by atoms with Crippen molar-refractivity contribution in [1.29, 1.82) is 0 Å². The number of nitrogens with zero attached hydrogens (tertiary/aromatic N) is 2. The summed E-state index contributed by atoms with van der Waals surface area (Å²) < 4.78 is 0. The molecule has 0 saturated carbocycles. The first-order valence-electron chi connectivity index (χ1n) is 5.01. The molecule has 0 aliphatic heterocycles. The maximum absolute atomic E-state index is 9.11. The molecule has 0 aliphatic carbocycles. The van der Waals surface area contributed by atoms with E-state index in [4.69, 9.17) is 5.11 Å². The number of aryl methyl sites for hydroxylation is 1. The summed E-state index contributed by atoms with van der Waals surface area (Å²) in [5.41, 5.74) is 2.59. The Morgan fingerprint density at radius 2 is 1.88 bits per heavy atom. The predicted octanol–water partition coefficient (Wildman–Crippen LogP) is 2.85. The summed E-state index contributed by atoms with van der Waals surface area (Å²) in [7, 11) is 0. The van der Waals surface area contributed by atoms with Gasteiger partial charge in [0.1, 0.15) is 5.75 Å². The molecule has 1 N–H and O–H groups in total. The van der Waals surface area contributed by atoms with Gasteiger partial charge >= 0.3 is 0 Å². The van der Waals surface area contributed by atoms with Gasteiger partial charge in [-0.3, -0.25) is 9.98 Å². The normalized spacial score (nSPS) is 10.8. The lowest BCUT2D eigenvalue weighted by atomic mass is 10.3. The molecule has 3 heteroatoms. The Kier molecular flexibility index (Phi) is 2.96. The Morgan fingerprint density at radius 1 is 1.12 bits per heavy atom. The van der Waals surface area contributed by atoms with Gasteiger partial charge in [0.25, 0.3) is 0 Å². The van der Waals surface area contributed by atoms with Crippen LogP contribution in [0, 0.1) is 6.92 Å². The molecule has 2 rings (SSSR count). The second-order valence-electron chi connectivity index (χ2n) is 3.48. The van der Waals surface area contributed by atoms with Crippen LogP contribution in [-0.2, 0) is 0 Å². The average molecular weight is 212 g/mol. The molecule has 3 nitrogen and oxygen atoms in total. The topological polar surface area (TPSA) is 45.5 Å². The third kappa shape index (κ3) is 2.67. The number of benzene rings is 1. The zero-order valence-electron chi connectivity index (χ0n) is 8.96. The van der Waals surface area contributed by atoms with Gasteiger partial charge in [0.15, 0.2) is 0 Å². The summed E-state index contributed by atoms with van der Waals surface area (Å²) in [6.45, 7) is 1.94. The van der Waals surface area contributed by atoms with Crippen LogP contribution in [0.15, 0.2) is 47.5 Å². The fraction of sp³-hybridized carbons (Fsp3) is 0.0769. The van der Waals surface area contributed by atoms with Gasteiger partial charge in [0, 0.05) is 5.69 Å². The van der Waals surface area contributed by atoms with Crippen molar-refractivity contribution in [3.63, 3.8) is 0 Å². The van der Waals surface area contributed by atoms with E-state index in [1.54, 1.807) is 30.5 Å². The van der Waals surface area contributed by atoms with Gasteiger partial charge in [-0.2, -0.15) is 0 Å². The summed E-state index contributed by atoms with van der Waals surface area (Å²) in [5, 5.41) is 9.11. The first-order valence-corrected chi connectivity index (χ1v) is 5.01. The van der Waals surface area contributed by atoms with E-state index in [0.717, 1.165) is 17.1 Å². The summed E-state index contributed by atoms with van der Waals surface area (Å²) in [5.74, 6) is 0.243. The van der Waals surface area contributed by atoms with E-state index in [1.165, 1.54) is 0 Å². The number of hydrogen-bond acceptors (Lipinski definition) is 3. The van der Waals surface area contributed by atoms with Crippen LogP contribution in [0.2, 0.25) is 0 Å². The number of rotatable bonds is 2. The first kappa shape index (κ1) is 10.4. The van der Waals surface area contributed by atoms with E-state index in [-0.39, 0.29) is 5.75 Å². The average Bonchev–Trinajstić information content (AvgIpc) is 2.28. The maximum atomic E-state index is 9.11. The molecule has 16 heavy (non-hydrogen) atoms. The molecule has 0 radical (unpaired) electrons. The lowest BCUT2D eigenvalue weighted by Gasteiger charge is -1.95. The summed E-state index contributed by atoms with van der Waals surface area (Å²) in [6.07, 6.45) is 1.71. The van der Waals surface area contributed by atoms with Crippen molar-refractivity contribution < 1.29 is 5.11 Å². The van der Waals surface area contributed by atoms with Gasteiger partial charge in [-0.1, -0.05) is 6.07 Å². The van der Waals surface area contributed by atoms with Crippen LogP contribution < -0.4 is 0 Å². The first-order chi connectivity index (χ1) is 7.74. The third-order valence-electron chi connectivity index (χ3n) is 2.11. The lowest BCUT2D eigenvalue weighted by molar-refractivity contribution is 0.475. The molecule has 80 valence electrons. The summed E-state index contributed by atoms with van der Waals surface area (Å²) in [4.78, 5) is 8.57. The SMILES string of the molecule is Cc1cccc(C=Nc2ccc(O)cc2)n1. The quantitative estimate of drug-likeness (QED) is 0.778. The molecule has 0 fully saturated rings. The van der Waals surface area contributed by atoms with Crippen molar-refractivity contribution in [3.8, 4) is 5.75 Å². The van der Waals surface area contributed by atoms with Crippen molar-refractivity contribution in [1.82, 2.24) is 4.98 Å². The van der Waals surface area contributed by atoms with Gasteiger partial charge in [-0.15, -0.1) is 0 Å². The lowest BCUT2D eigenvalue weighted by Crippen LogP contribution is -1.88. The zero-order valence-corrected chi connectivity index (χ0v) is 8.96. The minimum atomic E-state index is 0.243. The van der Waals surface area contributed by atoms with E-state index in [0.29, 0.717) is 0 Å². The molecule has 0 saturated heterocycles. The van der Waals surface area contributed by atoms with Gasteiger partial charge in [0.05, 0.1) is 17.6 Å². The van der Waals surface area contributed by atoms with Gasteiger partial charge in [-0.05, 0) is 43.3 Å². The molecular formula is C13H12N2O. The number of aromatic hydroxyl groups is 1. The smallest absolute Gasteiger partial charge is 0.115 e. The van der Waals surface area contributed by atoms with Crippen LogP contribution >= 0.6 is 0 Å². The minimum Gasteiger partial charge on any atom is -0.508 e. The second kappa shape index (κ2) is 4.57. The molecule has 0 bridgehead atoms. The Balaban J connectivity index is 2.18. The Labute approximate surface area is 94.1 Å². The van der Waals surface area contributed by atoms with Crippen molar-refractivity contribution in [2.45, 2.75) is 6.92 Å². The zero-order chi connectivity index (χ0) is 11.4. The number of phenolic OH excluding ortho intramolecular Hbond substituents is 1. The molecule has 0 unspecified atom stereocenters. The number of hydrogen-bond donors (Lipinski definition) is 1. The highest BCUT2D eigenvalue weighted by atomic mass is 16.3. The fourth-order valence-electron chi connectivity index (χ4n) is 1.32. The number of phenols is 1. The van der Waals surface area contributed by atoms with Gasteiger partial charge in [-0.25, -0.2) is 0 Å². The van der Waals surface area contributed by atoms with Gasteiger partial charge in [0.2, 0.25) is 0 Å². The molecule has 1 aromatic carbocycles. The Hall–Kier alpha value is -2.16. The van der Waals surface area contributed by atoms with Crippen molar-refractivity contribution in [2.24, 2.45) is 4.99 Å². The third-order valence-corrected chi connectivity index (χ3v) is 2.11. The molecule has 0 spiro atoms. The predicted molar refractivity (Wildman–Crippen MR) is 64.3 cm³/mol. The van der Waals surface area contributed by atoms with Gasteiger partial charge < -0.3 is 5.11 Å². The Morgan fingerprint density at radius 3 is 2.56 bits per heavy atom. The van der Waals surface area contributed by atoms with Crippen LogP contribution in [-0.4, -0.2) is 16.3 Å². The van der Waals surface area contributed by atoms with Crippen LogP contribution in [0.4, 0.5) is 5.69 Å². The molecule has 1 aromatic heterocycles. The monoisotopic (exact) mass is 212 g/mol. The molecular weight excluding hydrogens is 200 g/mol. The fourth-order valence-corrected chi connectivity index (χ4v) is 1.32. The maximum Gasteiger partial charge on any atom is 0.115 e. The summed E-state index contributed by atoms with van der Waals surface area (Å²) in [6, 6.07) is 12.5. The molecule has 0 amide bonds. The summed E-state index contributed by atoms with van der Waals surface area (Å²) >= 11 is 0. The molecule has 0 aliphatic rings. The van der Waals surface area contributed by atoms with E-state index >= 15 is 0 Å². The standard InChI is InChI=1S/C13H12N2O/c1-10-3-2-4-12(15-10)9-14-11-5-7-13(16)8-6-11/h2-9,16H,1H3. The second-order valence-corrected chi connectivity index (χ2v) is 3.48. The largest absolute Gasteiger partial charge is 0.508 e. The highest BCUT2D eigenvalue weighted by Gasteiger charge is 1.91. The van der Waals surface area contributed by atoms with E-state index in [9.17, 15) is 0 Å². The number of aromatic nitrogens is 1. The number of aliphatic imine (C=N–C) groups is 1. The molecule has 2 aromatic rings. The highest BCUT2D eigenvalue weighted by Crippen LogP contribution is 2.16. The Bertz CT molecular complexity index is 504. The molecule has 0 atom stereocenters. The minimum absolute atomic E-state index is 0.243. The van der Waals surface area contributed by atoms with E-state index < -0.39 is 0 Å². The van der Waals surface area contributed by atoms with E-state index in [1.807, 2.05) is 25.1 Å². The highest BCUT2D eigenvalue weighted by molar-refractivity contribution is 5.79. The van der Waals surface area contributed by atoms with Crippen LogP contribution in [0.25, 0.3) is 0 Å². The van der Waals surface area contributed by atoms with Crippen LogP contribution in [0.3, 0.4) is 0 Å². The van der Waals surface area contributed by atoms with Crippen molar-refractivity contribution in [2.75, 3.05) is 0 Å². The van der Waals surface area contributed by atoms with Crippen LogP contribution in [0.5, 0.6) is 5.75 Å². The van der Waals surface area contributed by atoms with E-state index in [2.05, 4.69) is 9.98 Å². The molecule has 1 heterocycles. The number of pyridine rings is 1.